The summed E-state index contributed by atoms with van der Waals surface area (Å²) in [6.07, 6.45) is 2.95. The summed E-state index contributed by atoms with van der Waals surface area (Å²) >= 11 is 0. The summed E-state index contributed by atoms with van der Waals surface area (Å²) in [6, 6.07) is 15.0. The molecule has 2 unspecified atom stereocenters. The summed E-state index contributed by atoms with van der Waals surface area (Å²) in [7, 11) is 0. The van der Waals surface area contributed by atoms with E-state index in [9.17, 15) is 14.4 Å². The fraction of sp³-hybridized carbons (Fsp3) is 0.387. The summed E-state index contributed by atoms with van der Waals surface area (Å²) < 4.78 is 5.42. The van der Waals surface area contributed by atoms with Crippen LogP contribution in [0.15, 0.2) is 73.8 Å². The highest BCUT2D eigenvalue weighted by Crippen LogP contribution is 2.25. The van der Waals surface area contributed by atoms with E-state index in [1.807, 2.05) is 68.4 Å². The first kappa shape index (κ1) is 30.4. The van der Waals surface area contributed by atoms with Crippen molar-refractivity contribution < 1.29 is 19.1 Å². The Hall–Kier alpha value is -3.87. The fourth-order valence-electron chi connectivity index (χ4n) is 4.02. The SMILES string of the molecule is C=CCN(C(=O)C(CC(C)C)NC(=O)OC(C)(C)C)C(C(=O)NCc1ccccc1)c1cccc(C=C)c1. The van der Waals surface area contributed by atoms with Gasteiger partial charge in [-0.2, -0.15) is 0 Å². The van der Waals surface area contributed by atoms with Crippen LogP contribution in [0.4, 0.5) is 4.79 Å². The number of hydrogen-bond acceptors (Lipinski definition) is 4. The largest absolute Gasteiger partial charge is 0.444 e. The number of carbonyl (C=O) groups is 3. The molecular weight excluding hydrogens is 478 g/mol. The van der Waals surface area contributed by atoms with Crippen molar-refractivity contribution >= 4 is 24.0 Å². The van der Waals surface area contributed by atoms with E-state index in [2.05, 4.69) is 23.8 Å². The van der Waals surface area contributed by atoms with Gasteiger partial charge in [-0.15, -0.1) is 6.58 Å². The van der Waals surface area contributed by atoms with Gasteiger partial charge in [0, 0.05) is 13.1 Å². The van der Waals surface area contributed by atoms with Gasteiger partial charge in [0.25, 0.3) is 0 Å². The number of nitrogens with zero attached hydrogens (tertiary/aromatic N) is 1. The van der Waals surface area contributed by atoms with Crippen LogP contribution in [0.1, 0.15) is 63.8 Å². The zero-order valence-electron chi connectivity index (χ0n) is 23.2. The molecular formula is C31H41N3O4. The lowest BCUT2D eigenvalue weighted by Gasteiger charge is -2.34. The monoisotopic (exact) mass is 519 g/mol. The zero-order valence-corrected chi connectivity index (χ0v) is 23.2. The third-order valence-electron chi connectivity index (χ3n) is 5.64. The van der Waals surface area contributed by atoms with Crippen molar-refractivity contribution in [3.63, 3.8) is 0 Å². The molecule has 0 fully saturated rings. The van der Waals surface area contributed by atoms with Crippen LogP contribution in [0.3, 0.4) is 0 Å². The lowest BCUT2D eigenvalue weighted by atomic mass is 9.98. The highest BCUT2D eigenvalue weighted by Gasteiger charge is 2.36. The van der Waals surface area contributed by atoms with Crippen LogP contribution in [-0.4, -0.2) is 41.0 Å². The van der Waals surface area contributed by atoms with Gasteiger partial charge in [0.15, 0.2) is 0 Å². The molecule has 3 amide bonds. The smallest absolute Gasteiger partial charge is 0.408 e. The standard InChI is InChI=1S/C31H41N3O4/c1-8-18-34(29(36)26(19-22(3)4)33-30(37)38-31(5,6)7)27(25-17-13-16-23(9-2)20-25)28(35)32-21-24-14-11-10-12-15-24/h8-17,20,22,26-27H,1-2,18-19,21H2,3-7H3,(H,32,35)(H,33,37). The number of ether oxygens (including phenoxy) is 1. The number of carbonyl (C=O) groups excluding carboxylic acids is 3. The summed E-state index contributed by atoms with van der Waals surface area (Å²) in [5, 5.41) is 5.71. The molecule has 0 bridgehead atoms. The summed E-state index contributed by atoms with van der Waals surface area (Å²) in [6.45, 7) is 17.3. The van der Waals surface area contributed by atoms with Gasteiger partial charge in [-0.05, 0) is 55.9 Å². The molecule has 0 aliphatic heterocycles. The van der Waals surface area contributed by atoms with Gasteiger partial charge >= 0.3 is 6.09 Å². The van der Waals surface area contributed by atoms with Crippen LogP contribution in [-0.2, 0) is 20.9 Å². The zero-order chi connectivity index (χ0) is 28.3. The van der Waals surface area contributed by atoms with Crippen molar-refractivity contribution in [1.29, 1.82) is 0 Å². The highest BCUT2D eigenvalue weighted by atomic mass is 16.6. The molecule has 2 rings (SSSR count). The average Bonchev–Trinajstić information content (AvgIpc) is 2.85. The van der Waals surface area contributed by atoms with Gasteiger partial charge < -0.3 is 20.3 Å². The Kier molecular flexibility index (Phi) is 11.3. The molecule has 0 radical (unpaired) electrons. The van der Waals surface area contributed by atoms with Crippen LogP contribution in [0.25, 0.3) is 6.08 Å². The van der Waals surface area contributed by atoms with Crippen LogP contribution < -0.4 is 10.6 Å². The van der Waals surface area contributed by atoms with Crippen LogP contribution in [0.5, 0.6) is 0 Å². The number of rotatable bonds is 12. The maximum Gasteiger partial charge on any atom is 0.408 e. The predicted molar refractivity (Wildman–Crippen MR) is 152 cm³/mol. The summed E-state index contributed by atoms with van der Waals surface area (Å²) in [4.78, 5) is 41.8. The second kappa shape index (κ2) is 14.2. The molecule has 0 aromatic heterocycles. The molecule has 0 aliphatic carbocycles. The molecule has 2 N–H and O–H groups in total. The van der Waals surface area contributed by atoms with Crippen LogP contribution in [0.2, 0.25) is 0 Å². The first-order chi connectivity index (χ1) is 17.9. The second-order valence-corrected chi connectivity index (χ2v) is 10.6. The predicted octanol–water partition coefficient (Wildman–Crippen LogP) is 5.64. The van der Waals surface area contributed by atoms with E-state index in [1.54, 1.807) is 32.9 Å². The third-order valence-corrected chi connectivity index (χ3v) is 5.64. The quantitative estimate of drug-likeness (QED) is 0.355. The van der Waals surface area contributed by atoms with Crippen molar-refractivity contribution in [2.24, 2.45) is 5.92 Å². The van der Waals surface area contributed by atoms with Gasteiger partial charge in [-0.3, -0.25) is 9.59 Å². The lowest BCUT2D eigenvalue weighted by molar-refractivity contribution is -0.142. The van der Waals surface area contributed by atoms with Gasteiger partial charge in [0.2, 0.25) is 11.8 Å². The first-order valence-electron chi connectivity index (χ1n) is 12.9. The van der Waals surface area contributed by atoms with E-state index in [-0.39, 0.29) is 18.4 Å². The fourth-order valence-corrected chi connectivity index (χ4v) is 4.02. The van der Waals surface area contributed by atoms with Gasteiger partial charge in [0.1, 0.15) is 17.7 Å². The number of alkyl carbamates (subject to hydrolysis) is 1. The van der Waals surface area contributed by atoms with Gasteiger partial charge in [0.05, 0.1) is 0 Å². The Morgan fingerprint density at radius 1 is 1.03 bits per heavy atom. The summed E-state index contributed by atoms with van der Waals surface area (Å²) in [5.41, 5.74) is 1.66. The van der Waals surface area contributed by atoms with E-state index >= 15 is 0 Å². The normalized spacial score (nSPS) is 12.7. The number of benzene rings is 2. The molecule has 204 valence electrons. The second-order valence-electron chi connectivity index (χ2n) is 10.6. The Morgan fingerprint density at radius 3 is 2.29 bits per heavy atom. The number of nitrogens with one attached hydrogen (secondary N) is 2. The molecule has 7 nitrogen and oxygen atoms in total. The molecule has 0 saturated heterocycles. The highest BCUT2D eigenvalue weighted by molar-refractivity contribution is 5.92. The minimum atomic E-state index is -0.959. The van der Waals surface area contributed by atoms with E-state index in [4.69, 9.17) is 4.74 Å². The molecule has 38 heavy (non-hydrogen) atoms. The van der Waals surface area contributed by atoms with E-state index in [0.717, 1.165) is 11.1 Å². The molecule has 7 heteroatoms. The average molecular weight is 520 g/mol. The van der Waals surface area contributed by atoms with E-state index in [0.29, 0.717) is 18.5 Å². The van der Waals surface area contributed by atoms with Crippen LogP contribution in [0, 0.1) is 5.92 Å². The number of amides is 3. The van der Waals surface area contributed by atoms with Crippen molar-refractivity contribution in [1.82, 2.24) is 15.5 Å². The topological polar surface area (TPSA) is 87.7 Å². The van der Waals surface area contributed by atoms with Crippen LogP contribution >= 0.6 is 0 Å². The van der Waals surface area contributed by atoms with Gasteiger partial charge in [-0.25, -0.2) is 4.79 Å². The molecule has 2 atom stereocenters. The molecule has 0 spiro atoms. The Bertz CT molecular complexity index is 1110. The Morgan fingerprint density at radius 2 is 1.71 bits per heavy atom. The van der Waals surface area contributed by atoms with Crippen molar-refractivity contribution in [2.75, 3.05) is 6.54 Å². The first-order valence-corrected chi connectivity index (χ1v) is 12.9. The summed E-state index contributed by atoms with van der Waals surface area (Å²) in [5.74, 6) is -0.641. The molecule has 0 saturated carbocycles. The Balaban J connectivity index is 2.47. The minimum absolute atomic E-state index is 0.0962. The minimum Gasteiger partial charge on any atom is -0.444 e. The molecule has 0 aliphatic rings. The van der Waals surface area contributed by atoms with Crippen molar-refractivity contribution in [2.45, 2.75) is 65.3 Å². The maximum absolute atomic E-state index is 14.0. The molecule has 2 aromatic rings. The third kappa shape index (κ3) is 9.54. The van der Waals surface area contributed by atoms with E-state index < -0.39 is 29.7 Å². The Labute approximate surface area is 227 Å². The van der Waals surface area contributed by atoms with E-state index in [1.165, 1.54) is 4.90 Å². The number of hydrogen-bond donors (Lipinski definition) is 2. The van der Waals surface area contributed by atoms with Crippen molar-refractivity contribution in [3.05, 3.63) is 90.5 Å². The molecule has 2 aromatic carbocycles. The molecule has 0 heterocycles. The van der Waals surface area contributed by atoms with Crippen molar-refractivity contribution in [3.8, 4) is 0 Å². The van der Waals surface area contributed by atoms with Gasteiger partial charge in [-0.1, -0.05) is 81.1 Å². The lowest BCUT2D eigenvalue weighted by Crippen LogP contribution is -2.53. The maximum atomic E-state index is 14.0.